The topological polar surface area (TPSA) is 63.1 Å². The monoisotopic (exact) mass is 333 g/mol. The van der Waals surface area contributed by atoms with E-state index in [1.807, 2.05) is 18.2 Å². The van der Waals surface area contributed by atoms with Crippen molar-refractivity contribution in [3.05, 3.63) is 40.9 Å². The molecule has 3 rings (SSSR count). The molecule has 2 heterocycles. The van der Waals surface area contributed by atoms with Gasteiger partial charge in [0, 0.05) is 12.6 Å². The fraction of sp³-hybridized carbons (Fsp3) is 0.438. The van der Waals surface area contributed by atoms with E-state index in [0.29, 0.717) is 29.1 Å². The number of rotatable bonds is 4. The van der Waals surface area contributed by atoms with Crippen LogP contribution in [0.15, 0.2) is 24.3 Å². The Morgan fingerprint density at radius 1 is 1.43 bits per heavy atom. The lowest BCUT2D eigenvalue weighted by Gasteiger charge is -2.19. The average molecular weight is 334 g/mol. The van der Waals surface area contributed by atoms with E-state index in [0.717, 1.165) is 13.0 Å². The fourth-order valence-electron chi connectivity index (χ4n) is 2.86. The zero-order chi connectivity index (χ0) is 16.4. The number of halogens is 1. The Bertz CT molecular complexity index is 714. The number of carbonyl (C=O) groups is 1. The Morgan fingerprint density at radius 2 is 2.22 bits per heavy atom. The Kier molecular flexibility index (Phi) is 4.63. The predicted octanol–water partition coefficient (Wildman–Crippen LogP) is 2.05. The quantitative estimate of drug-likeness (QED) is 0.930. The molecule has 23 heavy (non-hydrogen) atoms. The zero-order valence-electron chi connectivity index (χ0n) is 13.3. The average Bonchev–Trinajstić information content (AvgIpc) is 3.11. The minimum absolute atomic E-state index is 0.170. The number of hydrogen-bond donors (Lipinski definition) is 1. The van der Waals surface area contributed by atoms with Crippen LogP contribution in [0, 0.1) is 6.92 Å². The van der Waals surface area contributed by atoms with Crippen molar-refractivity contribution in [3.8, 4) is 5.69 Å². The van der Waals surface area contributed by atoms with Crippen molar-refractivity contribution in [1.29, 1.82) is 0 Å². The number of likely N-dealkylation sites (N-methyl/N-ethyl adjacent to an activating group) is 1. The Hall–Kier alpha value is -1.92. The number of benzene rings is 1. The molecule has 0 radical (unpaired) electrons. The third kappa shape index (κ3) is 3.38. The van der Waals surface area contributed by atoms with Crippen molar-refractivity contribution in [2.75, 3.05) is 20.1 Å². The van der Waals surface area contributed by atoms with Crippen LogP contribution in [0.2, 0.25) is 5.02 Å². The van der Waals surface area contributed by atoms with Gasteiger partial charge in [-0.3, -0.25) is 4.79 Å². The standard InChI is InChI=1S/C16H20ClN5O/c1-11-19-15(16(23)18-10-12-6-5-9-21(12)2)20-22(11)14-8-4-3-7-13(14)17/h3-4,7-8,12H,5-6,9-10H2,1-2H3,(H,18,23)/t12-/m1/s1. The molecule has 0 saturated carbocycles. The summed E-state index contributed by atoms with van der Waals surface area (Å²) < 4.78 is 1.60. The summed E-state index contributed by atoms with van der Waals surface area (Å²) in [7, 11) is 2.08. The second kappa shape index (κ2) is 6.68. The van der Waals surface area contributed by atoms with Crippen molar-refractivity contribution >= 4 is 17.5 Å². The van der Waals surface area contributed by atoms with Gasteiger partial charge >= 0.3 is 0 Å². The molecule has 1 amide bonds. The molecule has 1 N–H and O–H groups in total. The Balaban J connectivity index is 1.73. The first-order valence-electron chi connectivity index (χ1n) is 7.73. The highest BCUT2D eigenvalue weighted by atomic mass is 35.5. The first kappa shape index (κ1) is 16.0. The molecule has 6 nitrogen and oxygen atoms in total. The molecule has 1 fully saturated rings. The number of hydrogen-bond acceptors (Lipinski definition) is 4. The van der Waals surface area contributed by atoms with Gasteiger partial charge in [-0.2, -0.15) is 0 Å². The van der Waals surface area contributed by atoms with Gasteiger partial charge in [0.2, 0.25) is 5.82 Å². The molecule has 1 aliphatic heterocycles. The summed E-state index contributed by atoms with van der Waals surface area (Å²) in [6, 6.07) is 7.75. The van der Waals surface area contributed by atoms with Crippen molar-refractivity contribution in [2.24, 2.45) is 0 Å². The number of likely N-dealkylation sites (tertiary alicyclic amines) is 1. The van der Waals surface area contributed by atoms with Gasteiger partial charge in [-0.05, 0) is 45.5 Å². The molecule has 0 spiro atoms. The number of aryl methyl sites for hydroxylation is 1. The number of nitrogens with one attached hydrogen (secondary N) is 1. The molecular weight excluding hydrogens is 314 g/mol. The van der Waals surface area contributed by atoms with Crippen LogP contribution in [0.4, 0.5) is 0 Å². The number of nitrogens with zero attached hydrogens (tertiary/aromatic N) is 4. The van der Waals surface area contributed by atoms with Gasteiger partial charge in [0.15, 0.2) is 0 Å². The van der Waals surface area contributed by atoms with Crippen molar-refractivity contribution in [3.63, 3.8) is 0 Å². The summed E-state index contributed by atoms with van der Waals surface area (Å²) in [6.07, 6.45) is 2.28. The molecule has 1 aromatic heterocycles. The molecule has 122 valence electrons. The third-order valence-corrected chi connectivity index (χ3v) is 4.54. The highest BCUT2D eigenvalue weighted by Crippen LogP contribution is 2.20. The summed E-state index contributed by atoms with van der Waals surface area (Å²) in [4.78, 5) is 18.8. The van der Waals surface area contributed by atoms with E-state index in [9.17, 15) is 4.79 Å². The maximum atomic E-state index is 12.3. The summed E-state index contributed by atoms with van der Waals surface area (Å²) in [6.45, 7) is 3.51. The van der Waals surface area contributed by atoms with Crippen molar-refractivity contribution in [2.45, 2.75) is 25.8 Å². The van der Waals surface area contributed by atoms with Gasteiger partial charge in [-0.15, -0.1) is 5.10 Å². The van der Waals surface area contributed by atoms with Gasteiger partial charge in [0.25, 0.3) is 5.91 Å². The van der Waals surface area contributed by atoms with Crippen molar-refractivity contribution in [1.82, 2.24) is 25.0 Å². The lowest BCUT2D eigenvalue weighted by atomic mass is 10.2. The molecular formula is C16H20ClN5O. The van der Waals surface area contributed by atoms with E-state index < -0.39 is 0 Å². The second-order valence-electron chi connectivity index (χ2n) is 5.83. The van der Waals surface area contributed by atoms with Crippen LogP contribution < -0.4 is 5.32 Å². The first-order valence-corrected chi connectivity index (χ1v) is 8.11. The summed E-state index contributed by atoms with van der Waals surface area (Å²) in [5.41, 5.74) is 0.716. The number of para-hydroxylation sites is 1. The Morgan fingerprint density at radius 3 is 2.91 bits per heavy atom. The Labute approximate surface area is 140 Å². The van der Waals surface area contributed by atoms with Crippen LogP contribution in [0.5, 0.6) is 0 Å². The molecule has 7 heteroatoms. The number of amides is 1. The first-order chi connectivity index (χ1) is 11.1. The van der Waals surface area contributed by atoms with Crippen LogP contribution in [0.1, 0.15) is 29.3 Å². The second-order valence-corrected chi connectivity index (χ2v) is 6.24. The highest BCUT2D eigenvalue weighted by molar-refractivity contribution is 6.32. The van der Waals surface area contributed by atoms with Crippen LogP contribution in [-0.2, 0) is 0 Å². The molecule has 1 aliphatic rings. The summed E-state index contributed by atoms with van der Waals surface area (Å²) in [5, 5.41) is 7.80. The third-order valence-electron chi connectivity index (χ3n) is 4.22. The lowest BCUT2D eigenvalue weighted by Crippen LogP contribution is -2.38. The summed E-state index contributed by atoms with van der Waals surface area (Å²) >= 11 is 6.19. The zero-order valence-corrected chi connectivity index (χ0v) is 14.0. The fourth-order valence-corrected chi connectivity index (χ4v) is 3.08. The maximum Gasteiger partial charge on any atom is 0.291 e. The predicted molar refractivity (Wildman–Crippen MR) is 89.1 cm³/mol. The molecule has 1 atom stereocenters. The van der Waals surface area contributed by atoms with Crippen LogP contribution >= 0.6 is 11.6 Å². The van der Waals surface area contributed by atoms with Crippen LogP contribution in [0.3, 0.4) is 0 Å². The van der Waals surface area contributed by atoms with Gasteiger partial charge in [0.1, 0.15) is 5.82 Å². The van der Waals surface area contributed by atoms with Gasteiger partial charge in [-0.25, -0.2) is 9.67 Å². The van der Waals surface area contributed by atoms with Gasteiger partial charge in [-0.1, -0.05) is 23.7 Å². The SMILES string of the molecule is Cc1nc(C(=O)NC[C@H]2CCCN2C)nn1-c1ccccc1Cl. The minimum Gasteiger partial charge on any atom is -0.348 e. The van der Waals surface area contributed by atoms with E-state index in [2.05, 4.69) is 27.3 Å². The number of aromatic nitrogens is 3. The molecule has 0 bridgehead atoms. The molecule has 0 aliphatic carbocycles. The van der Waals surface area contributed by atoms with Crippen LogP contribution in [-0.4, -0.2) is 51.8 Å². The van der Waals surface area contributed by atoms with E-state index in [1.54, 1.807) is 17.7 Å². The van der Waals surface area contributed by atoms with E-state index >= 15 is 0 Å². The van der Waals surface area contributed by atoms with Crippen LogP contribution in [0.25, 0.3) is 5.69 Å². The maximum absolute atomic E-state index is 12.3. The molecule has 0 unspecified atom stereocenters. The van der Waals surface area contributed by atoms with E-state index in [4.69, 9.17) is 11.6 Å². The lowest BCUT2D eigenvalue weighted by molar-refractivity contribution is 0.0933. The van der Waals surface area contributed by atoms with E-state index in [1.165, 1.54) is 6.42 Å². The minimum atomic E-state index is -0.251. The van der Waals surface area contributed by atoms with E-state index in [-0.39, 0.29) is 11.7 Å². The normalized spacial score (nSPS) is 18.3. The van der Waals surface area contributed by atoms with Crippen molar-refractivity contribution < 1.29 is 4.79 Å². The number of carbonyl (C=O) groups excluding carboxylic acids is 1. The molecule has 1 saturated heterocycles. The largest absolute Gasteiger partial charge is 0.348 e. The van der Waals surface area contributed by atoms with Gasteiger partial charge < -0.3 is 10.2 Å². The summed E-state index contributed by atoms with van der Waals surface area (Å²) in [5.74, 6) is 0.545. The van der Waals surface area contributed by atoms with Gasteiger partial charge in [0.05, 0.1) is 10.7 Å². The molecule has 1 aromatic carbocycles. The smallest absolute Gasteiger partial charge is 0.291 e. The molecule has 2 aromatic rings. The highest BCUT2D eigenvalue weighted by Gasteiger charge is 2.22.